The van der Waals surface area contributed by atoms with Gasteiger partial charge < -0.3 is 15.5 Å². The Kier molecular flexibility index (Phi) is 38.4. The second-order valence-electron chi connectivity index (χ2n) is 14.0. The molecule has 0 aromatic carbocycles. The zero-order chi connectivity index (χ0) is 35.0. The first-order valence-corrected chi connectivity index (χ1v) is 20.9. The first-order valence-electron chi connectivity index (χ1n) is 20.9. The summed E-state index contributed by atoms with van der Waals surface area (Å²) in [5.41, 5.74) is 0. The van der Waals surface area contributed by atoms with Crippen molar-refractivity contribution in [3.05, 3.63) is 48.6 Å². The smallest absolute Gasteiger partial charge is 0.220 e. The van der Waals surface area contributed by atoms with E-state index >= 15 is 0 Å². The molecule has 0 radical (unpaired) electrons. The minimum atomic E-state index is -0.871. The van der Waals surface area contributed by atoms with Crippen LogP contribution in [0.4, 0.5) is 0 Å². The number of nitrogens with one attached hydrogen (secondary N) is 1. The molecule has 1 amide bonds. The Hall–Kier alpha value is -1.65. The number of allylic oxidation sites excluding steroid dienone is 7. The second-order valence-corrected chi connectivity index (χ2v) is 14.0. The number of hydrogen-bond acceptors (Lipinski definition) is 3. The third kappa shape index (κ3) is 35.7. The monoisotopic (exact) mass is 672 g/mol. The molecular formula is C44H81NO3. The van der Waals surface area contributed by atoms with Crippen LogP contribution in [0, 0.1) is 0 Å². The van der Waals surface area contributed by atoms with Gasteiger partial charge in [0, 0.05) is 6.42 Å². The Labute approximate surface area is 299 Å². The van der Waals surface area contributed by atoms with E-state index in [-0.39, 0.29) is 12.5 Å². The van der Waals surface area contributed by atoms with Crippen molar-refractivity contribution in [3.8, 4) is 0 Å². The zero-order valence-corrected chi connectivity index (χ0v) is 32.0. The quantitative estimate of drug-likeness (QED) is 0.0455. The Bertz CT molecular complexity index is 771. The summed E-state index contributed by atoms with van der Waals surface area (Å²) in [5, 5.41) is 22.9. The highest BCUT2D eigenvalue weighted by atomic mass is 16.3. The zero-order valence-electron chi connectivity index (χ0n) is 32.0. The topological polar surface area (TPSA) is 69.6 Å². The van der Waals surface area contributed by atoms with Gasteiger partial charge in [0.1, 0.15) is 0 Å². The van der Waals surface area contributed by atoms with Crippen molar-refractivity contribution in [1.82, 2.24) is 5.32 Å². The van der Waals surface area contributed by atoms with E-state index < -0.39 is 12.1 Å². The molecule has 0 fully saturated rings. The lowest BCUT2D eigenvalue weighted by Gasteiger charge is -2.19. The van der Waals surface area contributed by atoms with E-state index in [0.717, 1.165) is 38.5 Å². The molecule has 0 aromatic heterocycles. The number of amides is 1. The summed E-state index contributed by atoms with van der Waals surface area (Å²) in [4.78, 5) is 12.4. The minimum absolute atomic E-state index is 0.0837. The number of unbranched alkanes of at least 4 members (excludes halogenated alkanes) is 24. The average molecular weight is 672 g/mol. The van der Waals surface area contributed by atoms with Gasteiger partial charge >= 0.3 is 0 Å². The summed E-state index contributed by atoms with van der Waals surface area (Å²) >= 11 is 0. The highest BCUT2D eigenvalue weighted by Gasteiger charge is 2.17. The predicted molar refractivity (Wildman–Crippen MR) is 211 cm³/mol. The van der Waals surface area contributed by atoms with Gasteiger partial charge in [-0.3, -0.25) is 4.79 Å². The molecule has 0 aromatic rings. The molecule has 2 atom stereocenters. The van der Waals surface area contributed by atoms with Gasteiger partial charge in [0.15, 0.2) is 0 Å². The second kappa shape index (κ2) is 39.8. The molecule has 48 heavy (non-hydrogen) atoms. The molecular weight excluding hydrogens is 590 g/mol. The molecule has 0 aliphatic heterocycles. The molecule has 4 heteroatoms. The number of rotatable bonds is 37. The number of aliphatic hydroxyl groups is 2. The van der Waals surface area contributed by atoms with Crippen LogP contribution in [0.15, 0.2) is 48.6 Å². The molecule has 2 unspecified atom stereocenters. The van der Waals surface area contributed by atoms with Crippen LogP contribution in [0.25, 0.3) is 0 Å². The summed E-state index contributed by atoms with van der Waals surface area (Å²) in [6, 6.07) is -0.647. The van der Waals surface area contributed by atoms with Crippen LogP contribution in [0.2, 0.25) is 0 Å². The summed E-state index contributed by atoms with van der Waals surface area (Å²) in [7, 11) is 0. The largest absolute Gasteiger partial charge is 0.394 e. The van der Waals surface area contributed by atoms with Crippen LogP contribution in [0.1, 0.15) is 206 Å². The fourth-order valence-electron chi connectivity index (χ4n) is 6.03. The third-order valence-corrected chi connectivity index (χ3v) is 9.26. The fourth-order valence-corrected chi connectivity index (χ4v) is 6.03. The molecule has 0 saturated heterocycles. The van der Waals surface area contributed by atoms with Crippen LogP contribution in [-0.2, 0) is 4.79 Å². The van der Waals surface area contributed by atoms with Gasteiger partial charge in [-0.25, -0.2) is 0 Å². The van der Waals surface area contributed by atoms with E-state index in [1.165, 1.54) is 148 Å². The summed E-state index contributed by atoms with van der Waals surface area (Å²) < 4.78 is 0. The molecule has 0 heterocycles. The Morgan fingerprint density at radius 3 is 1.21 bits per heavy atom. The third-order valence-electron chi connectivity index (χ3n) is 9.26. The fraction of sp³-hybridized carbons (Fsp3) is 0.795. The van der Waals surface area contributed by atoms with Crippen LogP contribution >= 0.6 is 0 Å². The lowest BCUT2D eigenvalue weighted by Crippen LogP contribution is -2.45. The molecule has 0 spiro atoms. The molecule has 0 saturated carbocycles. The number of hydrogen-bond donors (Lipinski definition) is 3. The maximum atomic E-state index is 12.4. The van der Waals surface area contributed by atoms with Crippen molar-refractivity contribution < 1.29 is 15.0 Å². The molecule has 0 bridgehead atoms. The van der Waals surface area contributed by atoms with Crippen LogP contribution < -0.4 is 5.32 Å². The lowest BCUT2D eigenvalue weighted by molar-refractivity contribution is -0.123. The lowest BCUT2D eigenvalue weighted by atomic mass is 10.1. The van der Waals surface area contributed by atoms with Gasteiger partial charge in [0.05, 0.1) is 18.8 Å². The van der Waals surface area contributed by atoms with Gasteiger partial charge in [0.2, 0.25) is 5.91 Å². The van der Waals surface area contributed by atoms with E-state index in [1.54, 1.807) is 6.08 Å². The van der Waals surface area contributed by atoms with Gasteiger partial charge in [0.25, 0.3) is 0 Å². The maximum Gasteiger partial charge on any atom is 0.220 e. The van der Waals surface area contributed by atoms with E-state index in [4.69, 9.17) is 0 Å². The molecule has 3 N–H and O–H groups in total. The van der Waals surface area contributed by atoms with Crippen LogP contribution in [-0.4, -0.2) is 34.9 Å². The molecule has 280 valence electrons. The van der Waals surface area contributed by atoms with Gasteiger partial charge in [-0.05, 0) is 70.6 Å². The molecule has 4 nitrogen and oxygen atoms in total. The predicted octanol–water partition coefficient (Wildman–Crippen LogP) is 12.8. The highest BCUT2D eigenvalue weighted by molar-refractivity contribution is 5.76. The average Bonchev–Trinajstić information content (AvgIpc) is 3.09. The SMILES string of the molecule is CCCCCCCCC/C=C/CC/C=C/CC/C=C/C(O)C(CO)NC(=O)CCCCCCCCC/C=C\CCCCCCCCCC. The Balaban J connectivity index is 3.67. The summed E-state index contributed by atoms with van der Waals surface area (Å²) in [6.07, 6.45) is 53.5. The normalized spacial score (nSPS) is 13.5. The van der Waals surface area contributed by atoms with E-state index in [2.05, 4.69) is 55.6 Å². The molecule has 0 aliphatic carbocycles. The number of carbonyl (C=O) groups excluding carboxylic acids is 1. The maximum absolute atomic E-state index is 12.4. The van der Waals surface area contributed by atoms with Crippen LogP contribution in [0.3, 0.4) is 0 Å². The highest BCUT2D eigenvalue weighted by Crippen LogP contribution is 2.13. The minimum Gasteiger partial charge on any atom is -0.394 e. The summed E-state index contributed by atoms with van der Waals surface area (Å²) in [5.74, 6) is -0.0837. The van der Waals surface area contributed by atoms with Crippen molar-refractivity contribution in [2.24, 2.45) is 0 Å². The van der Waals surface area contributed by atoms with Crippen molar-refractivity contribution in [2.75, 3.05) is 6.61 Å². The van der Waals surface area contributed by atoms with E-state index in [9.17, 15) is 15.0 Å². The molecule has 0 aliphatic rings. The van der Waals surface area contributed by atoms with E-state index in [1.807, 2.05) is 6.08 Å². The molecule has 0 rings (SSSR count). The Morgan fingerprint density at radius 1 is 0.479 bits per heavy atom. The van der Waals surface area contributed by atoms with E-state index in [0.29, 0.717) is 6.42 Å². The van der Waals surface area contributed by atoms with Gasteiger partial charge in [-0.1, -0.05) is 178 Å². The van der Waals surface area contributed by atoms with Gasteiger partial charge in [-0.15, -0.1) is 0 Å². The van der Waals surface area contributed by atoms with Crippen molar-refractivity contribution in [1.29, 1.82) is 0 Å². The van der Waals surface area contributed by atoms with Gasteiger partial charge in [-0.2, -0.15) is 0 Å². The first-order chi connectivity index (χ1) is 23.7. The van der Waals surface area contributed by atoms with Crippen LogP contribution in [0.5, 0.6) is 0 Å². The van der Waals surface area contributed by atoms with Crippen molar-refractivity contribution in [2.45, 2.75) is 219 Å². The number of aliphatic hydroxyl groups excluding tert-OH is 2. The Morgan fingerprint density at radius 2 is 0.812 bits per heavy atom. The van der Waals surface area contributed by atoms with Crippen molar-refractivity contribution in [3.63, 3.8) is 0 Å². The number of carbonyl (C=O) groups is 1. The summed E-state index contributed by atoms with van der Waals surface area (Å²) in [6.45, 7) is 4.28. The standard InChI is InChI=1S/C44H81NO3/c1-3-5-7-9-11-13-15-17-19-21-22-24-26-28-30-32-34-36-38-40-44(48)45-42(41-46)43(47)39-37-35-33-31-29-27-25-23-20-18-16-14-12-10-8-6-4-2/h20-23,29,31,37,39,42-43,46-47H,3-19,24-28,30,32-36,38,40-41H2,1-2H3,(H,45,48)/b22-21-,23-20+,31-29+,39-37+. The first kappa shape index (κ1) is 46.4. The van der Waals surface area contributed by atoms with Crippen molar-refractivity contribution >= 4 is 5.91 Å².